The molecule has 0 amide bonds. The number of aromatic amines is 1. The second kappa shape index (κ2) is 5.35. The summed E-state index contributed by atoms with van der Waals surface area (Å²) in [5, 5.41) is 1.41. The Kier molecular flexibility index (Phi) is 3.39. The molecule has 0 saturated carbocycles. The highest BCUT2D eigenvalue weighted by atomic mass is 35.5. The summed E-state index contributed by atoms with van der Waals surface area (Å²) >= 11 is 6.11. The summed E-state index contributed by atoms with van der Waals surface area (Å²) in [7, 11) is 0. The molecule has 4 nitrogen and oxygen atoms in total. The van der Waals surface area contributed by atoms with E-state index in [1.165, 1.54) is 0 Å². The summed E-state index contributed by atoms with van der Waals surface area (Å²) < 4.78 is 5.57. The molecule has 100 valence electrons. The Hall–Kier alpha value is -2.33. The van der Waals surface area contributed by atoms with Crippen molar-refractivity contribution < 1.29 is 9.53 Å². The number of nitrogens with one attached hydrogen (secondary N) is 1. The zero-order chi connectivity index (χ0) is 13.9. The van der Waals surface area contributed by atoms with Crippen LogP contribution in [-0.2, 0) is 0 Å². The zero-order valence-electron chi connectivity index (χ0n) is 10.5. The van der Waals surface area contributed by atoms with Gasteiger partial charge in [-0.25, -0.2) is 0 Å². The number of hydrogen-bond donors (Lipinski definition) is 1. The van der Waals surface area contributed by atoms with Crippen molar-refractivity contribution >= 4 is 28.3 Å². The molecule has 1 N–H and O–H groups in total. The van der Waals surface area contributed by atoms with Crippen molar-refractivity contribution in [3.63, 3.8) is 0 Å². The third-order valence-corrected chi connectivity index (χ3v) is 3.27. The molecular formula is C15H11ClN2O2. The molecule has 0 unspecified atom stereocenters. The van der Waals surface area contributed by atoms with Gasteiger partial charge in [0.1, 0.15) is 11.3 Å². The number of Topliss-reactive ketones (excluding diaryl/α,β-unsaturated/α-hetero) is 1. The molecule has 0 aliphatic carbocycles. The number of carbonyl (C=O) groups is 1. The minimum atomic E-state index is -0.117. The number of fused-ring (bicyclic) bond motifs is 1. The minimum absolute atomic E-state index is 0.0478. The largest absolute Gasteiger partial charge is 0.483 e. The number of pyridine rings is 1. The van der Waals surface area contributed by atoms with Crippen LogP contribution in [0.15, 0.2) is 48.8 Å². The van der Waals surface area contributed by atoms with Gasteiger partial charge in [0.25, 0.3) is 0 Å². The van der Waals surface area contributed by atoms with Crippen LogP contribution in [0.1, 0.15) is 10.5 Å². The van der Waals surface area contributed by atoms with Gasteiger partial charge in [0.2, 0.25) is 5.78 Å². The number of rotatable bonds is 4. The highest BCUT2D eigenvalue weighted by molar-refractivity contribution is 6.35. The van der Waals surface area contributed by atoms with Gasteiger partial charge in [-0.2, -0.15) is 0 Å². The van der Waals surface area contributed by atoms with Gasteiger partial charge in [-0.05, 0) is 36.4 Å². The van der Waals surface area contributed by atoms with E-state index >= 15 is 0 Å². The number of aromatic nitrogens is 2. The van der Waals surface area contributed by atoms with Crippen LogP contribution in [-0.4, -0.2) is 22.4 Å². The first-order valence-electron chi connectivity index (χ1n) is 6.08. The van der Waals surface area contributed by atoms with Crippen molar-refractivity contribution in [2.45, 2.75) is 0 Å². The monoisotopic (exact) mass is 286 g/mol. The first-order valence-corrected chi connectivity index (χ1v) is 6.46. The summed E-state index contributed by atoms with van der Waals surface area (Å²) in [6, 6.07) is 10.6. The molecule has 0 bridgehead atoms. The maximum Gasteiger partial charge on any atom is 0.216 e. The van der Waals surface area contributed by atoms with Crippen LogP contribution in [0.2, 0.25) is 5.02 Å². The Morgan fingerprint density at radius 2 is 2.15 bits per heavy atom. The average Bonchev–Trinajstić information content (AvgIpc) is 3.01. The second-order valence-corrected chi connectivity index (χ2v) is 4.65. The molecule has 0 aliphatic heterocycles. The highest BCUT2D eigenvalue weighted by Gasteiger charge is 2.10. The Balaban J connectivity index is 1.85. The van der Waals surface area contributed by atoms with Crippen LogP contribution in [0, 0.1) is 0 Å². The van der Waals surface area contributed by atoms with Crippen molar-refractivity contribution in [2.24, 2.45) is 0 Å². The molecule has 1 aromatic carbocycles. The molecule has 2 aromatic heterocycles. The van der Waals surface area contributed by atoms with Gasteiger partial charge in [-0.1, -0.05) is 11.6 Å². The quantitative estimate of drug-likeness (QED) is 0.747. The third kappa shape index (κ3) is 2.38. The molecule has 0 fully saturated rings. The second-order valence-electron chi connectivity index (χ2n) is 4.24. The lowest BCUT2D eigenvalue weighted by atomic mass is 10.2. The summed E-state index contributed by atoms with van der Waals surface area (Å²) in [5.74, 6) is 0.430. The minimum Gasteiger partial charge on any atom is -0.483 e. The molecular weight excluding hydrogens is 276 g/mol. The predicted octanol–water partition coefficient (Wildman–Crippen LogP) is 3.48. The average molecular weight is 287 g/mol. The normalized spacial score (nSPS) is 10.7. The van der Waals surface area contributed by atoms with E-state index in [2.05, 4.69) is 9.97 Å². The fourth-order valence-electron chi connectivity index (χ4n) is 1.95. The van der Waals surface area contributed by atoms with Gasteiger partial charge in [0.05, 0.1) is 10.7 Å². The molecule has 0 atom stereocenters. The van der Waals surface area contributed by atoms with Crippen molar-refractivity contribution in [1.82, 2.24) is 9.97 Å². The Morgan fingerprint density at radius 1 is 1.25 bits per heavy atom. The van der Waals surface area contributed by atoms with Gasteiger partial charge in [0, 0.05) is 17.8 Å². The third-order valence-electron chi connectivity index (χ3n) is 2.94. The SMILES string of the molecule is O=C(COc1ccc(Cl)c2cccnc12)c1ccc[nH]1. The number of ether oxygens (including phenoxy) is 1. The van der Waals surface area contributed by atoms with E-state index in [-0.39, 0.29) is 12.4 Å². The molecule has 5 heteroatoms. The van der Waals surface area contributed by atoms with E-state index in [4.69, 9.17) is 16.3 Å². The number of hydrogen-bond acceptors (Lipinski definition) is 3. The van der Waals surface area contributed by atoms with Crippen molar-refractivity contribution in [3.8, 4) is 5.75 Å². The van der Waals surface area contributed by atoms with Crippen LogP contribution in [0.3, 0.4) is 0 Å². The van der Waals surface area contributed by atoms with Crippen LogP contribution < -0.4 is 4.74 Å². The Morgan fingerprint density at radius 3 is 2.95 bits per heavy atom. The number of benzene rings is 1. The van der Waals surface area contributed by atoms with Crippen LogP contribution in [0.5, 0.6) is 5.75 Å². The molecule has 0 saturated heterocycles. The first-order chi connectivity index (χ1) is 9.75. The summed E-state index contributed by atoms with van der Waals surface area (Å²) in [6.45, 7) is -0.0478. The molecule has 0 radical (unpaired) electrons. The van der Waals surface area contributed by atoms with Crippen LogP contribution in [0.4, 0.5) is 0 Å². The van der Waals surface area contributed by atoms with E-state index in [9.17, 15) is 4.79 Å². The lowest BCUT2D eigenvalue weighted by Gasteiger charge is -2.08. The van der Waals surface area contributed by atoms with Gasteiger partial charge in [0.15, 0.2) is 6.61 Å². The fraction of sp³-hybridized carbons (Fsp3) is 0.0667. The number of ketones is 1. The molecule has 20 heavy (non-hydrogen) atoms. The van der Waals surface area contributed by atoms with Crippen molar-refractivity contribution in [3.05, 3.63) is 59.5 Å². The number of nitrogens with zero attached hydrogens (tertiary/aromatic N) is 1. The Bertz CT molecular complexity index is 754. The summed E-state index contributed by atoms with van der Waals surface area (Å²) in [5.41, 5.74) is 1.18. The van der Waals surface area contributed by atoms with Gasteiger partial charge in [-0.3, -0.25) is 9.78 Å². The van der Waals surface area contributed by atoms with Crippen LogP contribution >= 0.6 is 11.6 Å². The van der Waals surface area contributed by atoms with E-state index in [1.54, 1.807) is 36.7 Å². The van der Waals surface area contributed by atoms with Crippen molar-refractivity contribution in [1.29, 1.82) is 0 Å². The van der Waals surface area contributed by atoms with E-state index in [1.807, 2.05) is 12.1 Å². The molecule has 0 aliphatic rings. The van der Waals surface area contributed by atoms with E-state index in [0.29, 0.717) is 22.0 Å². The number of carbonyl (C=O) groups excluding carboxylic acids is 1. The molecule has 3 rings (SSSR count). The van der Waals surface area contributed by atoms with Gasteiger partial charge >= 0.3 is 0 Å². The predicted molar refractivity (Wildman–Crippen MR) is 77.4 cm³/mol. The van der Waals surface area contributed by atoms with Crippen LogP contribution in [0.25, 0.3) is 10.9 Å². The van der Waals surface area contributed by atoms with E-state index < -0.39 is 0 Å². The van der Waals surface area contributed by atoms with E-state index in [0.717, 1.165) is 5.39 Å². The lowest BCUT2D eigenvalue weighted by molar-refractivity contribution is 0.0918. The number of H-pyrrole nitrogens is 1. The fourth-order valence-corrected chi connectivity index (χ4v) is 2.17. The standard InChI is InChI=1S/C15H11ClN2O2/c16-11-5-6-14(15-10(11)3-1-8-18-15)20-9-13(19)12-4-2-7-17-12/h1-8,17H,9H2. The van der Waals surface area contributed by atoms with Gasteiger partial charge in [-0.15, -0.1) is 0 Å². The topological polar surface area (TPSA) is 55.0 Å². The lowest BCUT2D eigenvalue weighted by Crippen LogP contribution is -2.12. The molecule has 2 heterocycles. The smallest absolute Gasteiger partial charge is 0.216 e. The maximum absolute atomic E-state index is 11.9. The highest BCUT2D eigenvalue weighted by Crippen LogP contribution is 2.29. The van der Waals surface area contributed by atoms with Crippen molar-refractivity contribution in [2.75, 3.05) is 6.61 Å². The molecule has 3 aromatic rings. The first kappa shape index (κ1) is 12.7. The maximum atomic E-state index is 11.9. The van der Waals surface area contributed by atoms with Gasteiger partial charge < -0.3 is 9.72 Å². The zero-order valence-corrected chi connectivity index (χ0v) is 11.2. The summed E-state index contributed by atoms with van der Waals surface area (Å²) in [6.07, 6.45) is 3.37. The number of halogens is 1. The Labute approximate surface area is 120 Å². The molecule has 0 spiro atoms. The summed E-state index contributed by atoms with van der Waals surface area (Å²) in [4.78, 5) is 19.0.